The molecule has 0 spiro atoms. The number of nitrogens with one attached hydrogen (secondary N) is 1. The summed E-state index contributed by atoms with van der Waals surface area (Å²) >= 11 is 0. The van der Waals surface area contributed by atoms with Crippen LogP contribution in [0.3, 0.4) is 0 Å². The number of carbonyl (C=O) groups is 1. The molecule has 0 saturated carbocycles. The van der Waals surface area contributed by atoms with Crippen molar-refractivity contribution in [3.8, 4) is 0 Å². The maximum absolute atomic E-state index is 12.8. The number of nitrogens with zero attached hydrogens (tertiary/aromatic N) is 7. The van der Waals surface area contributed by atoms with Gasteiger partial charge in [-0.25, -0.2) is 4.98 Å². The van der Waals surface area contributed by atoms with Crippen molar-refractivity contribution < 1.29 is 4.79 Å². The molecule has 4 rings (SSSR count). The standard InChI is InChI=1S/C23H30N8O/c1-3-24-23(30-13-14-31(22(32)18-30)20-15-27-28(2)17-20)26-10-9-21-25-11-12-29(21)16-19-7-5-4-6-8-19/h4-8,11-12,15,17H,3,9-10,13-14,16,18H2,1-2H3,(H,24,26). The molecule has 1 N–H and O–H groups in total. The first kappa shape index (κ1) is 21.6. The van der Waals surface area contributed by atoms with Gasteiger partial charge in [0.15, 0.2) is 5.96 Å². The van der Waals surface area contributed by atoms with E-state index in [1.54, 1.807) is 15.8 Å². The summed E-state index contributed by atoms with van der Waals surface area (Å²) in [5, 5.41) is 7.50. The van der Waals surface area contributed by atoms with Crippen molar-refractivity contribution in [1.29, 1.82) is 0 Å². The Labute approximate surface area is 188 Å². The Kier molecular flexibility index (Phi) is 6.84. The summed E-state index contributed by atoms with van der Waals surface area (Å²) in [6.07, 6.45) is 8.17. The number of carbonyl (C=O) groups excluding carboxylic acids is 1. The molecule has 0 atom stereocenters. The minimum Gasteiger partial charge on any atom is -0.357 e. The maximum Gasteiger partial charge on any atom is 0.246 e. The first-order valence-electron chi connectivity index (χ1n) is 11.0. The second kappa shape index (κ2) is 10.1. The number of aryl methyl sites for hydroxylation is 1. The molecule has 3 aromatic rings. The van der Waals surface area contributed by atoms with Gasteiger partial charge in [-0.3, -0.25) is 14.5 Å². The molecule has 1 fully saturated rings. The quantitative estimate of drug-likeness (QED) is 0.450. The number of amides is 1. The SMILES string of the molecule is CCNC(=NCCc1nccn1Cc1ccccc1)N1CCN(c2cnn(C)c2)C(=O)C1. The second-order valence-corrected chi connectivity index (χ2v) is 7.78. The third-order valence-corrected chi connectivity index (χ3v) is 5.45. The van der Waals surface area contributed by atoms with E-state index >= 15 is 0 Å². The summed E-state index contributed by atoms with van der Waals surface area (Å²) < 4.78 is 3.87. The summed E-state index contributed by atoms with van der Waals surface area (Å²) in [4.78, 5) is 25.9. The fraction of sp³-hybridized carbons (Fsp3) is 0.391. The number of hydrogen-bond acceptors (Lipinski definition) is 4. The first-order chi connectivity index (χ1) is 15.6. The van der Waals surface area contributed by atoms with Crippen LogP contribution in [0.5, 0.6) is 0 Å². The average Bonchev–Trinajstić information content (AvgIpc) is 3.42. The van der Waals surface area contributed by atoms with Crippen molar-refractivity contribution >= 4 is 17.6 Å². The number of hydrogen-bond donors (Lipinski definition) is 1. The van der Waals surface area contributed by atoms with E-state index in [-0.39, 0.29) is 5.91 Å². The lowest BCUT2D eigenvalue weighted by molar-refractivity contribution is -0.120. The molecule has 1 amide bonds. The zero-order chi connectivity index (χ0) is 22.3. The van der Waals surface area contributed by atoms with E-state index in [2.05, 4.69) is 32.1 Å². The van der Waals surface area contributed by atoms with Crippen molar-refractivity contribution in [3.63, 3.8) is 0 Å². The maximum atomic E-state index is 12.8. The van der Waals surface area contributed by atoms with Crippen LogP contribution in [0.4, 0.5) is 5.69 Å². The van der Waals surface area contributed by atoms with Crippen molar-refractivity contribution in [3.05, 3.63) is 66.5 Å². The Morgan fingerprint density at radius 2 is 2.06 bits per heavy atom. The van der Waals surface area contributed by atoms with Gasteiger partial charge in [-0.05, 0) is 12.5 Å². The lowest BCUT2D eigenvalue weighted by Crippen LogP contribution is -2.55. The second-order valence-electron chi connectivity index (χ2n) is 7.78. The lowest BCUT2D eigenvalue weighted by Gasteiger charge is -2.35. The highest BCUT2D eigenvalue weighted by Crippen LogP contribution is 2.16. The predicted molar refractivity (Wildman–Crippen MR) is 125 cm³/mol. The van der Waals surface area contributed by atoms with Gasteiger partial charge < -0.3 is 19.7 Å². The summed E-state index contributed by atoms with van der Waals surface area (Å²) in [7, 11) is 1.85. The predicted octanol–water partition coefficient (Wildman–Crippen LogP) is 1.52. The van der Waals surface area contributed by atoms with Crippen molar-refractivity contribution in [2.24, 2.45) is 12.0 Å². The van der Waals surface area contributed by atoms with Gasteiger partial charge in [-0.15, -0.1) is 0 Å². The molecule has 2 aromatic heterocycles. The number of benzene rings is 1. The zero-order valence-electron chi connectivity index (χ0n) is 18.7. The van der Waals surface area contributed by atoms with Gasteiger partial charge in [0.25, 0.3) is 0 Å². The molecule has 1 aliphatic heterocycles. The molecule has 9 heteroatoms. The van der Waals surface area contributed by atoms with E-state index in [1.165, 1.54) is 5.56 Å². The van der Waals surface area contributed by atoms with Crippen LogP contribution in [-0.2, 0) is 24.8 Å². The summed E-state index contributed by atoms with van der Waals surface area (Å²) in [5.41, 5.74) is 2.08. The van der Waals surface area contributed by atoms with E-state index in [1.807, 2.05) is 55.7 Å². The number of imidazole rings is 1. The molecule has 0 bridgehead atoms. The number of rotatable bonds is 7. The van der Waals surface area contributed by atoms with Gasteiger partial charge >= 0.3 is 0 Å². The van der Waals surface area contributed by atoms with E-state index in [4.69, 9.17) is 4.99 Å². The van der Waals surface area contributed by atoms with Crippen LogP contribution in [0.2, 0.25) is 0 Å². The largest absolute Gasteiger partial charge is 0.357 e. The number of guanidine groups is 1. The van der Waals surface area contributed by atoms with E-state index in [9.17, 15) is 4.79 Å². The first-order valence-corrected chi connectivity index (χ1v) is 11.0. The molecule has 9 nitrogen and oxygen atoms in total. The van der Waals surface area contributed by atoms with Crippen LogP contribution in [0.15, 0.2) is 60.1 Å². The molecular formula is C23H30N8O. The van der Waals surface area contributed by atoms with Crippen molar-refractivity contribution in [1.82, 2.24) is 29.5 Å². The number of anilines is 1. The average molecular weight is 435 g/mol. The van der Waals surface area contributed by atoms with Gasteiger partial charge in [0.05, 0.1) is 11.9 Å². The van der Waals surface area contributed by atoms with Crippen LogP contribution in [0.1, 0.15) is 18.3 Å². The fourth-order valence-electron chi connectivity index (χ4n) is 3.85. The van der Waals surface area contributed by atoms with Crippen LogP contribution >= 0.6 is 0 Å². The highest BCUT2D eigenvalue weighted by atomic mass is 16.2. The third-order valence-electron chi connectivity index (χ3n) is 5.45. The molecule has 0 unspecified atom stereocenters. The molecule has 32 heavy (non-hydrogen) atoms. The monoisotopic (exact) mass is 434 g/mol. The summed E-state index contributed by atoms with van der Waals surface area (Å²) in [5.74, 6) is 1.83. The molecule has 0 radical (unpaired) electrons. The third kappa shape index (κ3) is 5.16. The highest BCUT2D eigenvalue weighted by Gasteiger charge is 2.27. The number of aromatic nitrogens is 4. The number of aliphatic imine (C=N–C) groups is 1. The molecule has 168 valence electrons. The molecule has 0 aliphatic carbocycles. The molecule has 1 aliphatic rings. The Balaban J connectivity index is 1.37. The van der Waals surface area contributed by atoms with Crippen LogP contribution in [-0.4, -0.2) is 68.8 Å². The van der Waals surface area contributed by atoms with Crippen molar-refractivity contribution in [2.45, 2.75) is 19.9 Å². The van der Waals surface area contributed by atoms with E-state index in [0.29, 0.717) is 19.6 Å². The molecular weight excluding hydrogens is 404 g/mol. The Morgan fingerprint density at radius 1 is 1.22 bits per heavy atom. The smallest absolute Gasteiger partial charge is 0.246 e. The Hall–Kier alpha value is -3.62. The van der Waals surface area contributed by atoms with Crippen molar-refractivity contribution in [2.75, 3.05) is 37.6 Å². The lowest BCUT2D eigenvalue weighted by atomic mass is 10.2. The van der Waals surface area contributed by atoms with Crippen LogP contribution in [0, 0.1) is 0 Å². The Morgan fingerprint density at radius 3 is 2.78 bits per heavy atom. The van der Waals surface area contributed by atoms with Crippen LogP contribution in [0.25, 0.3) is 0 Å². The van der Waals surface area contributed by atoms with Crippen LogP contribution < -0.4 is 10.2 Å². The molecule has 3 heterocycles. The molecule has 1 saturated heterocycles. The zero-order valence-corrected chi connectivity index (χ0v) is 18.7. The van der Waals surface area contributed by atoms with Gasteiger partial charge in [0.1, 0.15) is 12.4 Å². The summed E-state index contributed by atoms with van der Waals surface area (Å²) in [6.45, 7) is 5.80. The minimum absolute atomic E-state index is 0.0493. The highest BCUT2D eigenvalue weighted by molar-refractivity contribution is 5.98. The minimum atomic E-state index is 0.0493. The molecule has 1 aromatic carbocycles. The van der Waals surface area contributed by atoms with Gasteiger partial charge in [-0.1, -0.05) is 30.3 Å². The summed E-state index contributed by atoms with van der Waals surface area (Å²) in [6, 6.07) is 10.4. The van der Waals surface area contributed by atoms with Gasteiger partial charge in [0, 0.05) is 64.8 Å². The van der Waals surface area contributed by atoms with E-state index < -0.39 is 0 Å². The fourth-order valence-corrected chi connectivity index (χ4v) is 3.85. The van der Waals surface area contributed by atoms with E-state index in [0.717, 1.165) is 43.5 Å². The topological polar surface area (TPSA) is 83.6 Å². The number of piperazine rings is 1. The van der Waals surface area contributed by atoms with Gasteiger partial charge in [-0.2, -0.15) is 5.10 Å². The Bertz CT molecular complexity index is 1050. The normalized spacial score (nSPS) is 14.8. The van der Waals surface area contributed by atoms with Gasteiger partial charge in [0.2, 0.25) is 5.91 Å².